The predicted molar refractivity (Wildman–Crippen MR) is 134 cm³/mol. The lowest BCUT2D eigenvalue weighted by Gasteiger charge is -2.17. The fourth-order valence-corrected chi connectivity index (χ4v) is 5.05. The normalized spacial score (nSPS) is 12.6. The first-order chi connectivity index (χ1) is 16.5. The Morgan fingerprint density at radius 3 is 2.68 bits per heavy atom. The number of carbonyl (C=O) groups excluding carboxylic acids is 1. The summed E-state index contributed by atoms with van der Waals surface area (Å²) in [7, 11) is 0. The smallest absolute Gasteiger partial charge is 0.270 e. The van der Waals surface area contributed by atoms with Crippen LogP contribution in [0.1, 0.15) is 5.56 Å². The van der Waals surface area contributed by atoms with Crippen LogP contribution in [0.4, 0.5) is 11.4 Å². The van der Waals surface area contributed by atoms with E-state index in [1.807, 2.05) is 45.9 Å². The molecule has 1 aliphatic rings. The average molecular weight is 491 g/mol. The molecule has 0 unspecified atom stereocenters. The number of amides is 1. The summed E-state index contributed by atoms with van der Waals surface area (Å²) in [6.07, 6.45) is 2.52. The quantitative estimate of drug-likeness (QED) is 0.194. The zero-order chi connectivity index (χ0) is 23.7. The van der Waals surface area contributed by atoms with Gasteiger partial charge in [-0.15, -0.1) is 0 Å². The zero-order valence-electron chi connectivity index (χ0n) is 17.9. The van der Waals surface area contributed by atoms with Gasteiger partial charge < -0.3 is 4.90 Å². The molecule has 1 amide bonds. The number of carbonyl (C=O) groups is 1. The van der Waals surface area contributed by atoms with Crippen molar-refractivity contribution in [2.75, 3.05) is 17.2 Å². The topological polar surface area (TPSA) is 81.3 Å². The van der Waals surface area contributed by atoms with E-state index in [0.29, 0.717) is 28.0 Å². The highest BCUT2D eigenvalue weighted by molar-refractivity contribution is 7.99. The number of nitro groups is 1. The van der Waals surface area contributed by atoms with Gasteiger partial charge in [0.15, 0.2) is 5.16 Å². The average Bonchev–Trinajstić information content (AvgIpc) is 3.48. The van der Waals surface area contributed by atoms with E-state index in [0.717, 1.165) is 17.8 Å². The Balaban J connectivity index is 1.47. The van der Waals surface area contributed by atoms with E-state index >= 15 is 0 Å². The lowest BCUT2D eigenvalue weighted by molar-refractivity contribution is -0.384. The van der Waals surface area contributed by atoms with Crippen LogP contribution in [-0.4, -0.2) is 32.7 Å². The van der Waals surface area contributed by atoms with Crippen molar-refractivity contribution in [3.8, 4) is 16.9 Å². The summed E-state index contributed by atoms with van der Waals surface area (Å²) in [5.74, 6) is 0.227. The number of imidazole rings is 1. The number of nitrogens with zero attached hydrogens (tertiary/aromatic N) is 4. The first-order valence-electron chi connectivity index (χ1n) is 10.6. The number of aromatic nitrogens is 2. The molecule has 3 aromatic carbocycles. The van der Waals surface area contributed by atoms with Gasteiger partial charge in [-0.05, 0) is 42.3 Å². The second-order valence-electron chi connectivity index (χ2n) is 7.76. The minimum Gasteiger partial charge on any atom is -0.311 e. The van der Waals surface area contributed by atoms with Gasteiger partial charge in [0.1, 0.15) is 0 Å². The first-order valence-corrected chi connectivity index (χ1v) is 12.0. The predicted octanol–water partition coefficient (Wildman–Crippen LogP) is 5.78. The molecular weight excluding hydrogens is 472 g/mol. The molecule has 1 aliphatic heterocycles. The van der Waals surface area contributed by atoms with Crippen LogP contribution in [0.25, 0.3) is 16.9 Å². The lowest BCUT2D eigenvalue weighted by atomic mass is 10.1. The van der Waals surface area contributed by atoms with Crippen molar-refractivity contribution >= 4 is 40.6 Å². The maximum atomic E-state index is 13.0. The van der Waals surface area contributed by atoms with Gasteiger partial charge in [-0.3, -0.25) is 19.5 Å². The van der Waals surface area contributed by atoms with Gasteiger partial charge in [-0.25, -0.2) is 4.98 Å². The molecule has 0 saturated carbocycles. The van der Waals surface area contributed by atoms with Crippen LogP contribution in [0.2, 0.25) is 5.02 Å². The molecule has 0 bridgehead atoms. The van der Waals surface area contributed by atoms with Crippen LogP contribution in [0, 0.1) is 10.1 Å². The SMILES string of the molecule is O=C(CSc1ncc(-c2cccc([N+](=O)[O-])c2)n1-c1ccc(Cl)cc1)N1CCc2ccccc21. The van der Waals surface area contributed by atoms with E-state index in [-0.39, 0.29) is 17.3 Å². The number of rotatable bonds is 6. The Kier molecular flexibility index (Phi) is 6.08. The Bertz CT molecular complexity index is 1390. The number of halogens is 1. The van der Waals surface area contributed by atoms with Crippen molar-refractivity contribution in [3.63, 3.8) is 0 Å². The number of benzene rings is 3. The highest BCUT2D eigenvalue weighted by Crippen LogP contribution is 2.33. The van der Waals surface area contributed by atoms with E-state index in [4.69, 9.17) is 11.6 Å². The Morgan fingerprint density at radius 1 is 1.09 bits per heavy atom. The third-order valence-electron chi connectivity index (χ3n) is 5.68. The highest BCUT2D eigenvalue weighted by atomic mass is 35.5. The second-order valence-corrected chi connectivity index (χ2v) is 9.14. The maximum absolute atomic E-state index is 13.0. The molecule has 2 heterocycles. The monoisotopic (exact) mass is 490 g/mol. The Morgan fingerprint density at radius 2 is 1.88 bits per heavy atom. The van der Waals surface area contributed by atoms with Crippen molar-refractivity contribution in [1.82, 2.24) is 9.55 Å². The van der Waals surface area contributed by atoms with Gasteiger partial charge in [-0.1, -0.05) is 53.7 Å². The summed E-state index contributed by atoms with van der Waals surface area (Å²) in [6.45, 7) is 0.670. The number of fused-ring (bicyclic) bond motifs is 1. The van der Waals surface area contributed by atoms with E-state index in [1.165, 1.54) is 29.5 Å². The zero-order valence-corrected chi connectivity index (χ0v) is 19.5. The van der Waals surface area contributed by atoms with Gasteiger partial charge in [-0.2, -0.15) is 0 Å². The molecule has 0 N–H and O–H groups in total. The number of hydrogen-bond donors (Lipinski definition) is 0. The third kappa shape index (κ3) is 4.30. The highest BCUT2D eigenvalue weighted by Gasteiger charge is 2.25. The van der Waals surface area contributed by atoms with Crippen molar-refractivity contribution in [3.05, 3.63) is 99.7 Å². The summed E-state index contributed by atoms with van der Waals surface area (Å²) in [4.78, 5) is 30.3. The van der Waals surface area contributed by atoms with E-state index in [1.54, 1.807) is 30.5 Å². The second kappa shape index (κ2) is 9.32. The minimum atomic E-state index is -0.422. The molecule has 170 valence electrons. The molecule has 0 spiro atoms. The number of para-hydroxylation sites is 1. The molecule has 34 heavy (non-hydrogen) atoms. The fraction of sp³-hybridized carbons (Fsp3) is 0.120. The summed E-state index contributed by atoms with van der Waals surface area (Å²) < 4.78 is 1.89. The number of thioether (sulfide) groups is 1. The molecule has 0 saturated heterocycles. The van der Waals surface area contributed by atoms with Gasteiger partial charge in [0.2, 0.25) is 5.91 Å². The summed E-state index contributed by atoms with van der Waals surface area (Å²) in [5.41, 5.74) is 4.28. The number of anilines is 1. The molecule has 0 radical (unpaired) electrons. The molecule has 9 heteroatoms. The summed E-state index contributed by atoms with van der Waals surface area (Å²) >= 11 is 7.42. The van der Waals surface area contributed by atoms with Crippen molar-refractivity contribution < 1.29 is 9.72 Å². The van der Waals surface area contributed by atoms with Crippen LogP contribution < -0.4 is 4.90 Å². The summed E-state index contributed by atoms with van der Waals surface area (Å²) in [5, 5.41) is 12.5. The van der Waals surface area contributed by atoms with Crippen LogP contribution >= 0.6 is 23.4 Å². The number of non-ortho nitro benzene ring substituents is 1. The van der Waals surface area contributed by atoms with E-state index in [2.05, 4.69) is 4.98 Å². The van der Waals surface area contributed by atoms with E-state index < -0.39 is 4.92 Å². The van der Waals surface area contributed by atoms with Gasteiger partial charge in [0, 0.05) is 40.6 Å². The number of nitro benzene ring substituents is 1. The molecule has 0 aliphatic carbocycles. The molecule has 5 rings (SSSR count). The van der Waals surface area contributed by atoms with Gasteiger partial charge >= 0.3 is 0 Å². The van der Waals surface area contributed by atoms with Crippen LogP contribution in [0.3, 0.4) is 0 Å². The minimum absolute atomic E-state index is 0.00145. The molecule has 1 aromatic heterocycles. The van der Waals surface area contributed by atoms with Crippen LogP contribution in [0.15, 0.2) is 84.1 Å². The molecular formula is C25H19ClN4O3S. The maximum Gasteiger partial charge on any atom is 0.270 e. The first kappa shape index (κ1) is 22.2. The van der Waals surface area contributed by atoms with Gasteiger partial charge in [0.05, 0.1) is 22.6 Å². The van der Waals surface area contributed by atoms with Crippen LogP contribution in [0.5, 0.6) is 0 Å². The Labute approximate surface area is 205 Å². The van der Waals surface area contributed by atoms with Gasteiger partial charge in [0.25, 0.3) is 5.69 Å². The molecule has 0 atom stereocenters. The summed E-state index contributed by atoms with van der Waals surface area (Å²) in [6, 6.07) is 21.6. The number of hydrogen-bond acceptors (Lipinski definition) is 5. The molecule has 7 nitrogen and oxygen atoms in total. The Hall–Kier alpha value is -3.62. The van der Waals surface area contributed by atoms with E-state index in [9.17, 15) is 14.9 Å². The van der Waals surface area contributed by atoms with Crippen LogP contribution in [-0.2, 0) is 11.2 Å². The standard InChI is InChI=1S/C25H19ClN4O3S/c26-19-8-10-20(11-9-19)29-23(18-5-3-6-21(14-18)30(32)33)15-27-25(29)34-16-24(31)28-13-12-17-4-1-2-7-22(17)28/h1-11,14-15H,12-13,16H2. The van der Waals surface area contributed by atoms with Crippen molar-refractivity contribution in [2.24, 2.45) is 0 Å². The fourth-order valence-electron chi connectivity index (χ4n) is 4.06. The lowest BCUT2D eigenvalue weighted by Crippen LogP contribution is -2.30. The van der Waals surface area contributed by atoms with Crippen molar-refractivity contribution in [2.45, 2.75) is 11.6 Å². The third-order valence-corrected chi connectivity index (χ3v) is 6.87. The largest absolute Gasteiger partial charge is 0.311 e. The molecule has 4 aromatic rings. The molecule has 0 fully saturated rings. The van der Waals surface area contributed by atoms with Crippen molar-refractivity contribution in [1.29, 1.82) is 0 Å².